The highest BCUT2D eigenvalue weighted by molar-refractivity contribution is 7.14. The van der Waals surface area contributed by atoms with Crippen LogP contribution in [0, 0.1) is 11.8 Å². The quantitative estimate of drug-likeness (QED) is 0.573. The fraction of sp³-hybridized carbons (Fsp3) is 0.381. The molecular formula is C21H20FN3O5S. The third-order valence-corrected chi connectivity index (χ3v) is 6.65. The molecule has 1 saturated heterocycles. The Hall–Kier alpha value is -3.00. The predicted octanol–water partition coefficient (Wildman–Crippen LogP) is 0.623. The number of halogens is 1. The van der Waals surface area contributed by atoms with Crippen molar-refractivity contribution < 1.29 is 28.9 Å². The molecule has 0 radical (unpaired) electrons. The molecule has 1 aliphatic carbocycles. The van der Waals surface area contributed by atoms with Crippen LogP contribution in [0.15, 0.2) is 29.6 Å². The summed E-state index contributed by atoms with van der Waals surface area (Å²) in [5.41, 5.74) is 2.66. The number of rotatable bonds is 2. The van der Waals surface area contributed by atoms with Crippen molar-refractivity contribution in [1.29, 1.82) is 0 Å². The molecule has 0 spiro atoms. The number of hydrogen-bond acceptors (Lipinski definition) is 7. The van der Waals surface area contributed by atoms with Crippen LogP contribution in [0.4, 0.5) is 4.39 Å². The first-order valence-corrected chi connectivity index (χ1v) is 10.3. The summed E-state index contributed by atoms with van der Waals surface area (Å²) in [5.74, 6) is 4.60. The molecule has 3 aliphatic rings. The van der Waals surface area contributed by atoms with Crippen molar-refractivity contribution >= 4 is 28.7 Å². The van der Waals surface area contributed by atoms with Crippen molar-refractivity contribution in [1.82, 2.24) is 9.88 Å². The van der Waals surface area contributed by atoms with Crippen LogP contribution in [0.2, 0.25) is 0 Å². The highest BCUT2D eigenvalue weighted by Gasteiger charge is 2.43. The van der Waals surface area contributed by atoms with E-state index in [0.29, 0.717) is 23.5 Å². The Labute approximate surface area is 181 Å². The van der Waals surface area contributed by atoms with Crippen LogP contribution in [0.25, 0.3) is 5.57 Å². The van der Waals surface area contributed by atoms with Crippen molar-refractivity contribution in [2.45, 2.75) is 24.1 Å². The van der Waals surface area contributed by atoms with E-state index in [4.69, 9.17) is 10.5 Å². The Bertz CT molecular complexity index is 1130. The largest absolute Gasteiger partial charge is 0.489 e. The first-order chi connectivity index (χ1) is 14.7. The molecule has 1 fully saturated rings. The van der Waals surface area contributed by atoms with E-state index in [1.807, 2.05) is 0 Å². The maximum absolute atomic E-state index is 15.3. The van der Waals surface area contributed by atoms with E-state index in [2.05, 4.69) is 16.8 Å². The third-order valence-electron chi connectivity index (χ3n) is 5.40. The van der Waals surface area contributed by atoms with Gasteiger partial charge in [0.15, 0.2) is 5.01 Å². The lowest BCUT2D eigenvalue weighted by atomic mass is 10.00. The highest BCUT2D eigenvalue weighted by atomic mass is 32.1. The first-order valence-electron chi connectivity index (χ1n) is 9.53. The summed E-state index contributed by atoms with van der Waals surface area (Å²) in [7, 11) is 1.61. The van der Waals surface area contributed by atoms with Gasteiger partial charge in [0.1, 0.15) is 12.4 Å². The number of nitrogens with two attached hydrogens (primary N) is 1. The molecular weight excluding hydrogens is 425 g/mol. The molecule has 31 heavy (non-hydrogen) atoms. The SMILES string of the molecule is CN1CC[C@@](O)(C#CC2=CCC3=C(C=C2)OC[C@@](F)(CO)c2sc(C(N)=O)nc23)C1=O. The average molecular weight is 445 g/mol. The van der Waals surface area contributed by atoms with E-state index in [1.54, 1.807) is 25.3 Å². The second-order valence-electron chi connectivity index (χ2n) is 7.60. The zero-order valence-electron chi connectivity index (χ0n) is 16.6. The Morgan fingerprint density at radius 2 is 2.26 bits per heavy atom. The van der Waals surface area contributed by atoms with Gasteiger partial charge in [0.25, 0.3) is 11.8 Å². The number of primary amides is 1. The number of likely N-dealkylation sites (N-methyl/N-ethyl adjacent to an activating group) is 1. The van der Waals surface area contributed by atoms with Gasteiger partial charge in [-0.3, -0.25) is 9.59 Å². The smallest absolute Gasteiger partial charge is 0.277 e. The number of allylic oxidation sites excluding steroid dienone is 5. The number of ether oxygens (including phenoxy) is 1. The van der Waals surface area contributed by atoms with Crippen LogP contribution in [0.5, 0.6) is 0 Å². The normalized spacial score (nSPS) is 27.4. The topological polar surface area (TPSA) is 126 Å². The molecule has 0 bridgehead atoms. The van der Waals surface area contributed by atoms with E-state index < -0.39 is 36.3 Å². The number of fused-ring (bicyclic) bond motifs is 2. The van der Waals surface area contributed by atoms with Crippen LogP contribution >= 0.6 is 11.3 Å². The molecule has 4 rings (SSSR count). The number of aromatic nitrogens is 1. The summed E-state index contributed by atoms with van der Waals surface area (Å²) in [6, 6.07) is 0. The van der Waals surface area contributed by atoms with Gasteiger partial charge in [-0.25, -0.2) is 9.37 Å². The standard InChI is InChI=1S/C21H20FN3O5S/c1-25-9-8-21(29,19(25)28)7-6-12-2-4-13-14(5-3-12)30-11-20(22,10-26)16-15(13)24-18(31-16)17(23)27/h2-3,5,26,29H,4,8-11H2,1H3,(H2,23,27)/t20-,21-/m0/s1. The van der Waals surface area contributed by atoms with Gasteiger partial charge in [-0.2, -0.15) is 0 Å². The molecule has 2 atom stereocenters. The number of amides is 2. The highest BCUT2D eigenvalue weighted by Crippen LogP contribution is 2.43. The molecule has 162 valence electrons. The fourth-order valence-corrected chi connectivity index (χ4v) is 4.54. The maximum Gasteiger partial charge on any atom is 0.277 e. The number of aliphatic hydroxyl groups is 2. The molecule has 1 aromatic heterocycles. The summed E-state index contributed by atoms with van der Waals surface area (Å²) in [6.07, 6.45) is 5.43. The lowest BCUT2D eigenvalue weighted by Crippen LogP contribution is -2.37. The average Bonchev–Trinajstić information content (AvgIpc) is 3.19. The fourth-order valence-electron chi connectivity index (χ4n) is 3.54. The zero-order valence-corrected chi connectivity index (χ0v) is 17.5. The van der Waals surface area contributed by atoms with Crippen LogP contribution in [0.3, 0.4) is 0 Å². The summed E-state index contributed by atoms with van der Waals surface area (Å²) < 4.78 is 21.0. The summed E-state index contributed by atoms with van der Waals surface area (Å²) in [4.78, 5) is 29.4. The molecule has 2 amide bonds. The van der Waals surface area contributed by atoms with Gasteiger partial charge in [0.05, 0.1) is 17.2 Å². The zero-order chi connectivity index (χ0) is 22.4. The van der Waals surface area contributed by atoms with Crippen LogP contribution in [-0.4, -0.2) is 64.3 Å². The Kier molecular flexibility index (Phi) is 5.21. The van der Waals surface area contributed by atoms with E-state index >= 15 is 4.39 Å². The molecule has 4 N–H and O–H groups in total. The lowest BCUT2D eigenvalue weighted by Gasteiger charge is -2.20. The first kappa shape index (κ1) is 21.2. The predicted molar refractivity (Wildman–Crippen MR) is 110 cm³/mol. The van der Waals surface area contributed by atoms with Gasteiger partial charge in [0.2, 0.25) is 11.3 Å². The molecule has 3 heterocycles. The van der Waals surface area contributed by atoms with Gasteiger partial charge >= 0.3 is 0 Å². The Morgan fingerprint density at radius 3 is 2.90 bits per heavy atom. The van der Waals surface area contributed by atoms with Crippen LogP contribution in [-0.2, 0) is 15.2 Å². The van der Waals surface area contributed by atoms with Crippen LogP contribution < -0.4 is 5.73 Å². The van der Waals surface area contributed by atoms with Crippen LogP contribution in [0.1, 0.15) is 33.2 Å². The number of carbonyl (C=O) groups excluding carboxylic acids is 2. The second kappa shape index (κ2) is 7.60. The minimum absolute atomic E-state index is 0.0578. The summed E-state index contributed by atoms with van der Waals surface area (Å²) in [5, 5.41) is 20.0. The number of aliphatic hydroxyl groups excluding tert-OH is 1. The number of thiazole rings is 1. The number of likely N-dealkylation sites (tertiary alicyclic amines) is 1. The maximum atomic E-state index is 15.3. The minimum atomic E-state index is -2.22. The number of nitrogens with zero attached hydrogens (tertiary/aromatic N) is 2. The summed E-state index contributed by atoms with van der Waals surface area (Å²) >= 11 is 0.796. The molecule has 2 aliphatic heterocycles. The van der Waals surface area contributed by atoms with Gasteiger partial charge in [-0.05, 0) is 18.6 Å². The van der Waals surface area contributed by atoms with Gasteiger partial charge in [0, 0.05) is 31.2 Å². The lowest BCUT2D eigenvalue weighted by molar-refractivity contribution is -0.137. The van der Waals surface area contributed by atoms with Crippen molar-refractivity contribution in [2.75, 3.05) is 26.8 Å². The molecule has 0 unspecified atom stereocenters. The van der Waals surface area contributed by atoms with Crippen molar-refractivity contribution in [3.63, 3.8) is 0 Å². The number of hydrogen-bond donors (Lipinski definition) is 3. The van der Waals surface area contributed by atoms with Gasteiger partial charge in [-0.1, -0.05) is 17.9 Å². The van der Waals surface area contributed by atoms with E-state index in [-0.39, 0.29) is 28.4 Å². The third kappa shape index (κ3) is 3.65. The Morgan fingerprint density at radius 1 is 1.48 bits per heavy atom. The summed E-state index contributed by atoms with van der Waals surface area (Å²) in [6.45, 7) is -0.868. The molecule has 0 aromatic carbocycles. The van der Waals surface area contributed by atoms with Crippen molar-refractivity contribution in [2.24, 2.45) is 5.73 Å². The molecule has 10 heteroatoms. The van der Waals surface area contributed by atoms with Crippen molar-refractivity contribution in [3.8, 4) is 11.8 Å². The molecule has 8 nitrogen and oxygen atoms in total. The van der Waals surface area contributed by atoms with Gasteiger partial charge in [-0.15, -0.1) is 11.3 Å². The molecule has 0 saturated carbocycles. The number of alkyl halides is 1. The van der Waals surface area contributed by atoms with E-state index in [0.717, 1.165) is 11.3 Å². The number of carbonyl (C=O) groups is 2. The van der Waals surface area contributed by atoms with E-state index in [1.165, 1.54) is 4.90 Å². The van der Waals surface area contributed by atoms with E-state index in [9.17, 15) is 19.8 Å². The second-order valence-corrected chi connectivity index (χ2v) is 8.60. The minimum Gasteiger partial charge on any atom is -0.489 e. The van der Waals surface area contributed by atoms with Gasteiger partial charge < -0.3 is 25.6 Å². The monoisotopic (exact) mass is 445 g/mol. The molecule has 1 aromatic rings. The van der Waals surface area contributed by atoms with Crippen molar-refractivity contribution in [3.05, 3.63) is 45.1 Å². The Balaban J connectivity index is 1.69.